The van der Waals surface area contributed by atoms with Crippen LogP contribution in [-0.4, -0.2) is 24.6 Å². The summed E-state index contributed by atoms with van der Waals surface area (Å²) < 4.78 is 1.06. The monoisotopic (exact) mass is 339 g/mol. The molecule has 1 atom stereocenters. The lowest BCUT2D eigenvalue weighted by Gasteiger charge is -2.22. The largest absolute Gasteiger partial charge is 0.356 e. The van der Waals surface area contributed by atoms with Crippen molar-refractivity contribution in [2.45, 2.75) is 40.2 Å². The van der Waals surface area contributed by atoms with E-state index in [0.717, 1.165) is 48.9 Å². The third-order valence-electron chi connectivity index (χ3n) is 4.12. The summed E-state index contributed by atoms with van der Waals surface area (Å²) in [4.78, 5) is 7.13. The van der Waals surface area contributed by atoms with E-state index in [4.69, 9.17) is 0 Å². The fourth-order valence-corrected chi connectivity index (χ4v) is 3.19. The number of hydrogen-bond donors (Lipinski definition) is 1. The normalized spacial score (nSPS) is 19.1. The van der Waals surface area contributed by atoms with Crippen molar-refractivity contribution in [3.05, 3.63) is 22.3 Å². The molecule has 3 nitrogen and oxygen atoms in total. The molecule has 0 aromatic carbocycles. The van der Waals surface area contributed by atoms with Crippen LogP contribution in [0.15, 0.2) is 16.7 Å². The van der Waals surface area contributed by atoms with Crippen molar-refractivity contribution in [3.63, 3.8) is 0 Å². The van der Waals surface area contributed by atoms with Crippen LogP contribution in [0.1, 0.15) is 39.2 Å². The first-order valence-corrected chi connectivity index (χ1v) is 8.51. The Morgan fingerprint density at radius 2 is 2.30 bits per heavy atom. The summed E-state index contributed by atoms with van der Waals surface area (Å²) in [5, 5.41) is 3.49. The summed E-state index contributed by atoms with van der Waals surface area (Å²) in [5.41, 5.74) is 1.30. The molecule has 0 saturated carbocycles. The fourth-order valence-electron chi connectivity index (χ4n) is 2.81. The Morgan fingerprint density at radius 3 is 2.95 bits per heavy atom. The van der Waals surface area contributed by atoms with Crippen molar-refractivity contribution in [1.82, 2.24) is 10.3 Å². The van der Waals surface area contributed by atoms with Crippen molar-refractivity contribution in [2.24, 2.45) is 11.8 Å². The fraction of sp³-hybridized carbons (Fsp3) is 0.688. The molecule has 4 heteroatoms. The van der Waals surface area contributed by atoms with Crippen LogP contribution in [0.3, 0.4) is 0 Å². The molecule has 1 aliphatic rings. The van der Waals surface area contributed by atoms with E-state index in [0.29, 0.717) is 0 Å². The third-order valence-corrected chi connectivity index (χ3v) is 4.55. The lowest BCUT2D eigenvalue weighted by molar-refractivity contribution is 0.422. The maximum Gasteiger partial charge on any atom is 0.133 e. The predicted molar refractivity (Wildman–Crippen MR) is 89.1 cm³/mol. The summed E-state index contributed by atoms with van der Waals surface area (Å²) in [6.07, 6.45) is 4.37. The van der Waals surface area contributed by atoms with Gasteiger partial charge in [0.2, 0.25) is 0 Å². The molecule has 1 aliphatic heterocycles. The van der Waals surface area contributed by atoms with Gasteiger partial charge in [-0.3, -0.25) is 0 Å². The van der Waals surface area contributed by atoms with Gasteiger partial charge in [-0.2, -0.15) is 0 Å². The minimum Gasteiger partial charge on any atom is -0.356 e. The Bertz CT molecular complexity index is 434. The van der Waals surface area contributed by atoms with Gasteiger partial charge in [0.25, 0.3) is 0 Å². The van der Waals surface area contributed by atoms with Crippen molar-refractivity contribution in [1.29, 1.82) is 0 Å². The number of aromatic nitrogens is 1. The van der Waals surface area contributed by atoms with Crippen LogP contribution >= 0.6 is 15.9 Å². The average Bonchev–Trinajstić information content (AvgIpc) is 2.89. The zero-order valence-electron chi connectivity index (χ0n) is 12.8. The molecule has 20 heavy (non-hydrogen) atoms. The van der Waals surface area contributed by atoms with Crippen LogP contribution < -0.4 is 10.2 Å². The second-order valence-corrected chi connectivity index (χ2v) is 6.97. The van der Waals surface area contributed by atoms with Crippen molar-refractivity contribution >= 4 is 21.7 Å². The zero-order chi connectivity index (χ0) is 14.5. The van der Waals surface area contributed by atoms with Gasteiger partial charge in [-0.15, -0.1) is 0 Å². The summed E-state index contributed by atoms with van der Waals surface area (Å²) >= 11 is 3.54. The van der Waals surface area contributed by atoms with Gasteiger partial charge in [0, 0.05) is 35.9 Å². The number of pyridine rings is 1. The Morgan fingerprint density at radius 1 is 1.50 bits per heavy atom. The number of hydrogen-bond acceptors (Lipinski definition) is 3. The second-order valence-electron chi connectivity index (χ2n) is 6.05. The van der Waals surface area contributed by atoms with E-state index >= 15 is 0 Å². The third kappa shape index (κ3) is 3.95. The highest BCUT2D eigenvalue weighted by atomic mass is 79.9. The number of anilines is 1. The van der Waals surface area contributed by atoms with Gasteiger partial charge in [-0.1, -0.05) is 20.8 Å². The molecule has 112 valence electrons. The zero-order valence-corrected chi connectivity index (χ0v) is 14.4. The summed E-state index contributed by atoms with van der Waals surface area (Å²) in [7, 11) is 0. The van der Waals surface area contributed by atoms with Crippen LogP contribution in [0.4, 0.5) is 5.82 Å². The number of nitrogens with zero attached hydrogens (tertiary/aromatic N) is 2. The number of halogens is 1. The van der Waals surface area contributed by atoms with E-state index in [1.54, 1.807) is 0 Å². The Kier molecular flexibility index (Phi) is 5.85. The van der Waals surface area contributed by atoms with Gasteiger partial charge in [0.1, 0.15) is 5.82 Å². The van der Waals surface area contributed by atoms with E-state index < -0.39 is 0 Å². The SMILES string of the molecule is CCCNCc1cc(Br)cnc1N1CCC(C(C)C)C1. The lowest BCUT2D eigenvalue weighted by Crippen LogP contribution is -2.25. The Hall–Kier alpha value is -0.610. The highest BCUT2D eigenvalue weighted by Crippen LogP contribution is 2.30. The molecular formula is C16H26BrN3. The molecular weight excluding hydrogens is 314 g/mol. The predicted octanol–water partition coefficient (Wildman–Crippen LogP) is 3.83. The first-order valence-electron chi connectivity index (χ1n) is 7.72. The summed E-state index contributed by atoms with van der Waals surface area (Å²) in [6, 6.07) is 2.20. The van der Waals surface area contributed by atoms with Crippen LogP contribution in [0.5, 0.6) is 0 Å². The molecule has 0 bridgehead atoms. The van der Waals surface area contributed by atoms with E-state index in [2.05, 4.69) is 58.0 Å². The molecule has 0 spiro atoms. The molecule has 0 radical (unpaired) electrons. The quantitative estimate of drug-likeness (QED) is 0.798. The van der Waals surface area contributed by atoms with E-state index in [9.17, 15) is 0 Å². The number of nitrogens with one attached hydrogen (secondary N) is 1. The maximum absolute atomic E-state index is 4.67. The second kappa shape index (κ2) is 7.41. The van der Waals surface area contributed by atoms with Crippen molar-refractivity contribution < 1.29 is 0 Å². The standard InChI is InChI=1S/C16H26BrN3/c1-4-6-18-9-14-8-15(17)10-19-16(14)20-7-5-13(11-20)12(2)3/h8,10,12-13,18H,4-7,9,11H2,1-3H3. The molecule has 1 N–H and O–H groups in total. The van der Waals surface area contributed by atoms with Crippen LogP contribution in [0.25, 0.3) is 0 Å². The summed E-state index contributed by atoms with van der Waals surface area (Å²) in [6.45, 7) is 11.1. The first-order chi connectivity index (χ1) is 9.61. The van der Waals surface area contributed by atoms with Gasteiger partial charge < -0.3 is 10.2 Å². The highest BCUT2D eigenvalue weighted by Gasteiger charge is 2.26. The molecule has 1 fully saturated rings. The van der Waals surface area contributed by atoms with E-state index in [-0.39, 0.29) is 0 Å². The van der Waals surface area contributed by atoms with Gasteiger partial charge in [0.05, 0.1) is 0 Å². The van der Waals surface area contributed by atoms with Crippen LogP contribution in [0, 0.1) is 11.8 Å². The van der Waals surface area contributed by atoms with Crippen LogP contribution in [0.2, 0.25) is 0 Å². The molecule has 2 rings (SSSR count). The topological polar surface area (TPSA) is 28.2 Å². The Balaban J connectivity index is 2.10. The molecule has 0 aliphatic carbocycles. The Labute approximate surface area is 131 Å². The molecule has 2 heterocycles. The van der Waals surface area contributed by atoms with Gasteiger partial charge in [-0.05, 0) is 53.2 Å². The lowest BCUT2D eigenvalue weighted by atomic mass is 9.95. The molecule has 1 saturated heterocycles. The van der Waals surface area contributed by atoms with Crippen molar-refractivity contribution in [2.75, 3.05) is 24.5 Å². The van der Waals surface area contributed by atoms with E-state index in [1.807, 2.05) is 6.20 Å². The number of rotatable bonds is 6. The van der Waals surface area contributed by atoms with Crippen molar-refractivity contribution in [3.8, 4) is 0 Å². The van der Waals surface area contributed by atoms with Gasteiger partial charge in [-0.25, -0.2) is 4.98 Å². The highest BCUT2D eigenvalue weighted by molar-refractivity contribution is 9.10. The minimum atomic E-state index is 0.761. The maximum atomic E-state index is 4.67. The average molecular weight is 340 g/mol. The van der Waals surface area contributed by atoms with Crippen LogP contribution in [-0.2, 0) is 6.54 Å². The smallest absolute Gasteiger partial charge is 0.133 e. The van der Waals surface area contributed by atoms with E-state index in [1.165, 1.54) is 17.8 Å². The minimum absolute atomic E-state index is 0.761. The molecule has 1 unspecified atom stereocenters. The summed E-state index contributed by atoms with van der Waals surface area (Å²) in [5.74, 6) is 2.73. The van der Waals surface area contributed by atoms with Gasteiger partial charge >= 0.3 is 0 Å². The molecule has 0 amide bonds. The first kappa shape index (κ1) is 15.8. The van der Waals surface area contributed by atoms with Gasteiger partial charge in [0.15, 0.2) is 0 Å². The molecule has 1 aromatic heterocycles. The molecule has 1 aromatic rings.